The van der Waals surface area contributed by atoms with Gasteiger partial charge in [-0.15, -0.1) is 0 Å². The first-order valence-electron chi connectivity index (χ1n) is 12.3. The summed E-state index contributed by atoms with van der Waals surface area (Å²) in [5.41, 5.74) is 1.35. The molecule has 0 aliphatic carbocycles. The number of pyridine rings is 1. The normalized spacial score (nSPS) is 14.5. The minimum absolute atomic E-state index is 0.0854. The molecule has 1 aliphatic rings. The number of hydrogen-bond acceptors (Lipinski definition) is 7. The van der Waals surface area contributed by atoms with Crippen LogP contribution in [0.1, 0.15) is 31.7 Å². The van der Waals surface area contributed by atoms with Gasteiger partial charge in [-0.25, -0.2) is 4.79 Å². The van der Waals surface area contributed by atoms with Gasteiger partial charge in [-0.1, -0.05) is 18.0 Å². The van der Waals surface area contributed by atoms with Gasteiger partial charge in [0, 0.05) is 36.8 Å². The maximum absolute atomic E-state index is 11.8. The van der Waals surface area contributed by atoms with Gasteiger partial charge >= 0.3 is 6.03 Å². The summed E-state index contributed by atoms with van der Waals surface area (Å²) in [6, 6.07) is 11.8. The topological polar surface area (TPSA) is 120 Å². The summed E-state index contributed by atoms with van der Waals surface area (Å²) in [7, 11) is 0. The summed E-state index contributed by atoms with van der Waals surface area (Å²) >= 11 is 6.33. The molecule has 0 radical (unpaired) electrons. The monoisotopic (exact) mass is 523 g/mol. The fourth-order valence-electron chi connectivity index (χ4n) is 4.24. The van der Waals surface area contributed by atoms with E-state index in [9.17, 15) is 15.2 Å². The number of nitrogens with one attached hydrogen (secondary N) is 2. The molecule has 0 spiro atoms. The lowest BCUT2D eigenvalue weighted by molar-refractivity contribution is 0.0617. The number of likely N-dealkylation sites (tertiary alicyclic amines) is 1. The van der Waals surface area contributed by atoms with Crippen molar-refractivity contribution < 1.29 is 19.4 Å². The highest BCUT2D eigenvalue weighted by Gasteiger charge is 2.17. The van der Waals surface area contributed by atoms with Gasteiger partial charge in [-0.05, 0) is 57.1 Å². The first kappa shape index (κ1) is 26.5. The van der Waals surface area contributed by atoms with E-state index in [1.54, 1.807) is 42.6 Å². The number of aliphatic hydroxyl groups is 1. The minimum Gasteiger partial charge on any atom is -0.489 e. The van der Waals surface area contributed by atoms with Gasteiger partial charge in [-0.2, -0.15) is 5.26 Å². The smallest absolute Gasteiger partial charge is 0.319 e. The third kappa shape index (κ3) is 7.01. The SMILES string of the molecule is CCNC(=O)Nc1ccc(Oc2ccnc3cc(OC[C@H](O)CN4CCCCC4)c(C#N)cc23)cc1Cl. The van der Waals surface area contributed by atoms with E-state index in [4.69, 9.17) is 21.1 Å². The summed E-state index contributed by atoms with van der Waals surface area (Å²) in [5, 5.41) is 26.5. The summed E-state index contributed by atoms with van der Waals surface area (Å²) < 4.78 is 11.9. The Bertz CT molecular complexity index is 1290. The average molecular weight is 524 g/mol. The van der Waals surface area contributed by atoms with Crippen LogP contribution in [-0.2, 0) is 0 Å². The van der Waals surface area contributed by atoms with E-state index in [-0.39, 0.29) is 12.6 Å². The lowest BCUT2D eigenvalue weighted by atomic mass is 10.1. The second-order valence-corrected chi connectivity index (χ2v) is 9.25. The molecule has 9 nitrogen and oxygen atoms in total. The number of halogens is 1. The highest BCUT2D eigenvalue weighted by atomic mass is 35.5. The molecule has 2 aromatic carbocycles. The molecular formula is C27H30ClN5O4. The van der Waals surface area contributed by atoms with E-state index in [0.29, 0.717) is 57.5 Å². The van der Waals surface area contributed by atoms with Crippen LogP contribution in [0.3, 0.4) is 0 Å². The zero-order valence-electron chi connectivity index (χ0n) is 20.7. The molecule has 3 aromatic rings. The van der Waals surface area contributed by atoms with Gasteiger partial charge in [0.25, 0.3) is 0 Å². The van der Waals surface area contributed by atoms with Crippen molar-refractivity contribution in [3.63, 3.8) is 0 Å². The Morgan fingerprint density at radius 3 is 2.76 bits per heavy atom. The Balaban J connectivity index is 1.48. The van der Waals surface area contributed by atoms with Gasteiger partial charge in [-0.3, -0.25) is 4.98 Å². The van der Waals surface area contributed by atoms with Crippen molar-refractivity contribution >= 4 is 34.2 Å². The summed E-state index contributed by atoms with van der Waals surface area (Å²) in [4.78, 5) is 18.4. The van der Waals surface area contributed by atoms with Crippen molar-refractivity contribution in [3.8, 4) is 23.3 Å². The molecule has 0 unspecified atom stereocenters. The van der Waals surface area contributed by atoms with Crippen LogP contribution >= 0.6 is 11.6 Å². The first-order chi connectivity index (χ1) is 18.0. The number of β-amino-alcohol motifs (C(OH)–C–C–N with tert-alkyl or cyclic N) is 1. The number of amides is 2. The molecule has 0 saturated carbocycles. The van der Waals surface area contributed by atoms with Crippen LogP contribution in [0, 0.1) is 11.3 Å². The number of anilines is 1. The highest BCUT2D eigenvalue weighted by molar-refractivity contribution is 6.33. The molecule has 3 N–H and O–H groups in total. The molecule has 10 heteroatoms. The van der Waals surface area contributed by atoms with E-state index < -0.39 is 6.10 Å². The third-order valence-electron chi connectivity index (χ3n) is 6.03. The van der Waals surface area contributed by atoms with Gasteiger partial charge < -0.3 is 30.1 Å². The quantitative estimate of drug-likeness (QED) is 0.364. The predicted molar refractivity (Wildman–Crippen MR) is 142 cm³/mol. The zero-order valence-corrected chi connectivity index (χ0v) is 21.4. The number of aliphatic hydroxyl groups excluding tert-OH is 1. The summed E-state index contributed by atoms with van der Waals surface area (Å²) in [6.45, 7) is 4.93. The lowest BCUT2D eigenvalue weighted by Gasteiger charge is -2.28. The molecule has 1 aromatic heterocycles. The van der Waals surface area contributed by atoms with E-state index >= 15 is 0 Å². The van der Waals surface area contributed by atoms with Gasteiger partial charge in [0.05, 0.1) is 21.8 Å². The molecular weight excluding hydrogens is 494 g/mol. The van der Waals surface area contributed by atoms with Crippen LogP contribution in [0.2, 0.25) is 5.02 Å². The Labute approximate surface area is 221 Å². The molecule has 37 heavy (non-hydrogen) atoms. The molecule has 4 rings (SSSR count). The lowest BCUT2D eigenvalue weighted by Crippen LogP contribution is -2.38. The Hall–Kier alpha value is -3.58. The highest BCUT2D eigenvalue weighted by Crippen LogP contribution is 2.35. The fraction of sp³-hybridized carbons (Fsp3) is 0.370. The number of nitriles is 1. The molecule has 194 valence electrons. The van der Waals surface area contributed by atoms with E-state index in [2.05, 4.69) is 26.6 Å². The standard InChI is InChI=1S/C27H30ClN5O4/c1-2-30-27(35)32-23-7-6-20(13-22(23)28)37-25-8-9-31-24-14-26(18(15-29)12-21(24)25)36-17-19(34)16-33-10-4-3-5-11-33/h6-9,12-14,19,34H,2-5,10-11,16-17H2,1H3,(H2,30,32,35)/t19-/m1/s1. The molecule has 2 amide bonds. The maximum atomic E-state index is 11.8. The van der Waals surface area contributed by atoms with Crippen molar-refractivity contribution in [1.82, 2.24) is 15.2 Å². The number of nitrogens with zero attached hydrogens (tertiary/aromatic N) is 3. The van der Waals surface area contributed by atoms with Crippen molar-refractivity contribution in [3.05, 3.63) is 53.2 Å². The molecule has 1 atom stereocenters. The van der Waals surface area contributed by atoms with Gasteiger partial charge in [0.1, 0.15) is 36.0 Å². The maximum Gasteiger partial charge on any atom is 0.319 e. The Kier molecular flexibility index (Phi) is 9.01. The van der Waals surface area contributed by atoms with E-state index in [0.717, 1.165) is 25.9 Å². The van der Waals surface area contributed by atoms with Crippen LogP contribution in [0.5, 0.6) is 17.2 Å². The summed E-state index contributed by atoms with van der Waals surface area (Å²) in [5.74, 6) is 1.30. The second kappa shape index (κ2) is 12.6. The third-order valence-corrected chi connectivity index (χ3v) is 6.34. The van der Waals surface area contributed by atoms with Crippen molar-refractivity contribution in [2.45, 2.75) is 32.3 Å². The number of benzene rings is 2. The molecule has 0 bridgehead atoms. The minimum atomic E-state index is -0.654. The average Bonchev–Trinajstić information content (AvgIpc) is 2.89. The number of fused-ring (bicyclic) bond motifs is 1. The van der Waals surface area contributed by atoms with Crippen molar-refractivity contribution in [2.75, 3.05) is 38.1 Å². The fourth-order valence-corrected chi connectivity index (χ4v) is 4.46. The van der Waals surface area contributed by atoms with Gasteiger partial charge in [0.15, 0.2) is 0 Å². The molecule has 2 heterocycles. The molecule has 1 saturated heterocycles. The van der Waals surface area contributed by atoms with Crippen LogP contribution < -0.4 is 20.1 Å². The van der Waals surface area contributed by atoms with Crippen molar-refractivity contribution in [1.29, 1.82) is 5.26 Å². The number of piperidine rings is 1. The van der Waals surface area contributed by atoms with E-state index in [1.807, 2.05) is 6.92 Å². The summed E-state index contributed by atoms with van der Waals surface area (Å²) in [6.07, 6.45) is 4.48. The van der Waals surface area contributed by atoms with Crippen LogP contribution in [-0.4, -0.2) is 59.9 Å². The number of rotatable bonds is 9. The number of carbonyl (C=O) groups excluding carboxylic acids is 1. The molecule has 1 fully saturated rings. The van der Waals surface area contributed by atoms with Crippen LogP contribution in [0.25, 0.3) is 10.9 Å². The number of hydrogen-bond donors (Lipinski definition) is 3. The van der Waals surface area contributed by atoms with Crippen molar-refractivity contribution in [2.24, 2.45) is 0 Å². The number of ether oxygens (including phenoxy) is 2. The number of urea groups is 1. The van der Waals surface area contributed by atoms with Gasteiger partial charge in [0.2, 0.25) is 0 Å². The van der Waals surface area contributed by atoms with E-state index in [1.165, 1.54) is 6.42 Å². The molecule has 1 aliphatic heterocycles. The first-order valence-corrected chi connectivity index (χ1v) is 12.7. The van der Waals surface area contributed by atoms with Crippen LogP contribution in [0.15, 0.2) is 42.6 Å². The Morgan fingerprint density at radius 2 is 2.03 bits per heavy atom. The second-order valence-electron chi connectivity index (χ2n) is 8.84. The Morgan fingerprint density at radius 1 is 1.22 bits per heavy atom. The van der Waals surface area contributed by atoms with Crippen LogP contribution in [0.4, 0.5) is 10.5 Å². The number of carbonyl (C=O) groups is 1. The number of aromatic nitrogens is 1. The zero-order chi connectivity index (χ0) is 26.2. The predicted octanol–water partition coefficient (Wildman–Crippen LogP) is 4.92. The largest absolute Gasteiger partial charge is 0.489 e.